The molecule has 0 fully saturated rings. The molecule has 0 radical (unpaired) electrons. The van der Waals surface area contributed by atoms with E-state index in [1.54, 1.807) is 24.3 Å². The van der Waals surface area contributed by atoms with Crippen molar-refractivity contribution in [1.29, 1.82) is 0 Å². The van der Waals surface area contributed by atoms with Crippen LogP contribution >= 0.6 is 11.7 Å². The molecule has 0 aliphatic rings. The Labute approximate surface area is 146 Å². The number of hydrogen-bond donors (Lipinski definition) is 1. The largest absolute Gasteiger partial charge is 0.451 e. The summed E-state index contributed by atoms with van der Waals surface area (Å²) in [7, 11) is 0. The van der Waals surface area contributed by atoms with Gasteiger partial charge in [-0.3, -0.25) is 9.59 Å². The lowest BCUT2D eigenvalue weighted by Gasteiger charge is -2.07. The van der Waals surface area contributed by atoms with Gasteiger partial charge in [-0.15, -0.1) is 0 Å². The van der Waals surface area contributed by atoms with Gasteiger partial charge in [0.15, 0.2) is 11.2 Å². The fourth-order valence-electron chi connectivity index (χ4n) is 2.83. The number of nitrogens with zero attached hydrogens (tertiary/aromatic N) is 2. The predicted octanol–water partition coefficient (Wildman–Crippen LogP) is 3.67. The summed E-state index contributed by atoms with van der Waals surface area (Å²) in [5.41, 5.74) is 4.01. The minimum atomic E-state index is -0.485. The van der Waals surface area contributed by atoms with Gasteiger partial charge in [-0.05, 0) is 49.2 Å². The Bertz CT molecular complexity index is 1190. The Hall–Kier alpha value is -3.06. The molecule has 0 saturated heterocycles. The van der Waals surface area contributed by atoms with E-state index in [2.05, 4.69) is 14.1 Å². The Morgan fingerprint density at radius 2 is 1.88 bits per heavy atom. The molecule has 124 valence electrons. The number of carbonyl (C=O) groups excluding carboxylic acids is 1. The molecular weight excluding hydrogens is 338 g/mol. The second kappa shape index (κ2) is 5.78. The Morgan fingerprint density at radius 3 is 2.72 bits per heavy atom. The first kappa shape index (κ1) is 15.5. The first-order valence-electron chi connectivity index (χ1n) is 7.60. The zero-order valence-electron chi connectivity index (χ0n) is 13.5. The SMILES string of the molecule is Cc1cc(C)c2c(=O)cc(C(=O)Nc3ccc4nsnc4c3)oc2c1. The number of hydrogen-bond acceptors (Lipinski definition) is 6. The lowest BCUT2D eigenvalue weighted by molar-refractivity contribution is 0.0997. The molecule has 0 aliphatic heterocycles. The summed E-state index contributed by atoms with van der Waals surface area (Å²) in [5, 5.41) is 3.22. The molecule has 0 saturated carbocycles. The monoisotopic (exact) mass is 351 g/mol. The maximum atomic E-state index is 12.5. The van der Waals surface area contributed by atoms with Gasteiger partial charge in [-0.25, -0.2) is 0 Å². The van der Waals surface area contributed by atoms with Gasteiger partial charge >= 0.3 is 0 Å². The first-order valence-corrected chi connectivity index (χ1v) is 8.33. The highest BCUT2D eigenvalue weighted by Crippen LogP contribution is 2.21. The highest BCUT2D eigenvalue weighted by Gasteiger charge is 2.14. The average molecular weight is 351 g/mol. The van der Waals surface area contributed by atoms with Crippen LogP contribution in [0.25, 0.3) is 22.0 Å². The quantitative estimate of drug-likeness (QED) is 0.595. The minimum Gasteiger partial charge on any atom is -0.451 e. The second-order valence-electron chi connectivity index (χ2n) is 5.85. The van der Waals surface area contributed by atoms with Crippen LogP contribution in [0, 0.1) is 13.8 Å². The van der Waals surface area contributed by atoms with E-state index in [1.165, 1.54) is 6.07 Å². The van der Waals surface area contributed by atoms with Gasteiger partial charge in [0.1, 0.15) is 16.6 Å². The molecule has 6 nitrogen and oxygen atoms in total. The van der Waals surface area contributed by atoms with E-state index in [4.69, 9.17) is 4.42 Å². The van der Waals surface area contributed by atoms with Crippen LogP contribution in [0.2, 0.25) is 0 Å². The van der Waals surface area contributed by atoms with E-state index in [0.29, 0.717) is 22.2 Å². The highest BCUT2D eigenvalue weighted by molar-refractivity contribution is 7.00. The number of rotatable bonds is 2. The summed E-state index contributed by atoms with van der Waals surface area (Å²) in [4.78, 5) is 24.8. The summed E-state index contributed by atoms with van der Waals surface area (Å²) < 4.78 is 13.9. The van der Waals surface area contributed by atoms with Crippen LogP contribution in [0.1, 0.15) is 21.7 Å². The molecule has 0 bridgehead atoms. The number of fused-ring (bicyclic) bond motifs is 2. The lowest BCUT2D eigenvalue weighted by Crippen LogP contribution is -2.15. The summed E-state index contributed by atoms with van der Waals surface area (Å²) in [5.74, 6) is -0.514. The van der Waals surface area contributed by atoms with E-state index >= 15 is 0 Å². The van der Waals surface area contributed by atoms with Crippen LogP contribution in [-0.4, -0.2) is 14.7 Å². The summed E-state index contributed by atoms with van der Waals surface area (Å²) in [6.07, 6.45) is 0. The number of anilines is 1. The van der Waals surface area contributed by atoms with Gasteiger partial charge in [0.2, 0.25) is 0 Å². The molecule has 0 aliphatic carbocycles. The second-order valence-corrected chi connectivity index (χ2v) is 6.38. The highest BCUT2D eigenvalue weighted by atomic mass is 32.1. The standard InChI is InChI=1S/C18H13N3O3S/c1-9-5-10(2)17-14(22)8-16(24-15(17)6-9)18(23)19-11-3-4-12-13(7-11)21-25-20-12/h3-8H,1-2H3,(H,19,23). The molecule has 2 aromatic heterocycles. The van der Waals surface area contributed by atoms with Crippen molar-refractivity contribution in [2.24, 2.45) is 0 Å². The molecule has 25 heavy (non-hydrogen) atoms. The van der Waals surface area contributed by atoms with Crippen molar-refractivity contribution in [3.63, 3.8) is 0 Å². The molecule has 1 amide bonds. The maximum absolute atomic E-state index is 12.5. The molecule has 0 spiro atoms. The molecule has 0 unspecified atom stereocenters. The van der Waals surface area contributed by atoms with Crippen LogP contribution in [0.3, 0.4) is 0 Å². The van der Waals surface area contributed by atoms with Crippen LogP contribution in [0.5, 0.6) is 0 Å². The van der Waals surface area contributed by atoms with Crippen LogP contribution in [0.4, 0.5) is 5.69 Å². The first-order chi connectivity index (χ1) is 12.0. The fourth-order valence-corrected chi connectivity index (χ4v) is 3.35. The van der Waals surface area contributed by atoms with Crippen molar-refractivity contribution >= 4 is 45.3 Å². The Balaban J connectivity index is 1.73. The molecule has 2 heterocycles. The third kappa shape index (κ3) is 2.78. The summed E-state index contributed by atoms with van der Waals surface area (Å²) in [6.45, 7) is 3.76. The normalized spacial score (nSPS) is 11.1. The van der Waals surface area contributed by atoms with Crippen molar-refractivity contribution in [1.82, 2.24) is 8.75 Å². The molecular formula is C18H13N3O3S. The molecule has 2 aromatic carbocycles. The van der Waals surface area contributed by atoms with Crippen LogP contribution in [0.15, 0.2) is 45.6 Å². The number of nitrogens with one attached hydrogen (secondary N) is 1. The smallest absolute Gasteiger partial charge is 0.291 e. The number of aryl methyl sites for hydroxylation is 2. The summed E-state index contributed by atoms with van der Waals surface area (Å²) in [6, 6.07) is 10.1. The van der Waals surface area contributed by atoms with E-state index in [-0.39, 0.29) is 11.2 Å². The zero-order chi connectivity index (χ0) is 17.6. The topological polar surface area (TPSA) is 85.1 Å². The molecule has 0 atom stereocenters. The maximum Gasteiger partial charge on any atom is 0.291 e. The lowest BCUT2D eigenvalue weighted by atomic mass is 10.1. The van der Waals surface area contributed by atoms with Crippen LogP contribution in [-0.2, 0) is 0 Å². The molecule has 7 heteroatoms. The third-order valence-corrected chi connectivity index (χ3v) is 4.46. The fraction of sp³-hybridized carbons (Fsp3) is 0.111. The molecule has 4 aromatic rings. The van der Waals surface area contributed by atoms with E-state index in [9.17, 15) is 9.59 Å². The van der Waals surface area contributed by atoms with Gasteiger partial charge in [0, 0.05) is 11.8 Å². The number of amides is 1. The van der Waals surface area contributed by atoms with E-state index in [1.807, 2.05) is 19.9 Å². The Kier molecular flexibility index (Phi) is 3.58. The molecule has 1 N–H and O–H groups in total. The van der Waals surface area contributed by atoms with E-state index < -0.39 is 5.91 Å². The van der Waals surface area contributed by atoms with E-state index in [0.717, 1.165) is 28.4 Å². The molecule has 4 rings (SSSR count). The van der Waals surface area contributed by atoms with Crippen LogP contribution < -0.4 is 10.7 Å². The third-order valence-electron chi connectivity index (χ3n) is 3.91. The van der Waals surface area contributed by atoms with Gasteiger partial charge in [0.25, 0.3) is 5.91 Å². The van der Waals surface area contributed by atoms with Crippen molar-refractivity contribution < 1.29 is 9.21 Å². The van der Waals surface area contributed by atoms with Crippen molar-refractivity contribution in [2.75, 3.05) is 5.32 Å². The van der Waals surface area contributed by atoms with Crippen molar-refractivity contribution in [3.8, 4) is 0 Å². The minimum absolute atomic E-state index is 0.0287. The Morgan fingerprint density at radius 1 is 1.08 bits per heavy atom. The van der Waals surface area contributed by atoms with Crippen molar-refractivity contribution in [2.45, 2.75) is 13.8 Å². The van der Waals surface area contributed by atoms with Gasteiger partial charge in [0.05, 0.1) is 17.1 Å². The number of aromatic nitrogens is 2. The van der Waals surface area contributed by atoms with Gasteiger partial charge < -0.3 is 9.73 Å². The zero-order valence-corrected chi connectivity index (χ0v) is 14.3. The van der Waals surface area contributed by atoms with Crippen molar-refractivity contribution in [3.05, 3.63) is 63.5 Å². The average Bonchev–Trinajstić information content (AvgIpc) is 3.01. The summed E-state index contributed by atoms with van der Waals surface area (Å²) >= 11 is 1.11. The van der Waals surface area contributed by atoms with Gasteiger partial charge in [-0.2, -0.15) is 8.75 Å². The predicted molar refractivity (Wildman–Crippen MR) is 97.3 cm³/mol. The number of benzene rings is 2. The van der Waals surface area contributed by atoms with Gasteiger partial charge in [-0.1, -0.05) is 6.07 Å². The number of carbonyl (C=O) groups is 1.